The minimum atomic E-state index is -0.934. The first-order valence-corrected chi connectivity index (χ1v) is 10.5. The van der Waals surface area contributed by atoms with Gasteiger partial charge in [0.05, 0.1) is 16.4 Å². The second-order valence-electron chi connectivity index (χ2n) is 9.18. The molecule has 0 heterocycles. The van der Waals surface area contributed by atoms with E-state index in [1.54, 1.807) is 6.08 Å². The third-order valence-corrected chi connectivity index (χ3v) is 9.72. The minimum Gasteiger partial charge on any atom is -0.392 e. The van der Waals surface area contributed by atoms with Crippen LogP contribution in [0, 0.1) is 28.6 Å². The van der Waals surface area contributed by atoms with Crippen LogP contribution in [0.25, 0.3) is 0 Å². The van der Waals surface area contributed by atoms with Crippen LogP contribution in [0.5, 0.6) is 0 Å². The molecule has 4 nitrogen and oxygen atoms in total. The Bertz CT molecular complexity index is 761. The molecule has 0 radical (unpaired) electrons. The number of carbonyl (C=O) groups excluding carboxylic acids is 2. The Morgan fingerprint density at radius 1 is 1.33 bits per heavy atom. The van der Waals surface area contributed by atoms with Crippen molar-refractivity contribution in [2.75, 3.05) is 6.61 Å². The number of aliphatic hydroxyl groups is 2. The molecule has 4 aliphatic rings. The molecule has 2 N–H and O–H groups in total. The number of alkyl halides is 2. The number of rotatable bonds is 2. The zero-order valence-corrected chi connectivity index (χ0v) is 17.1. The molecule has 4 aliphatic carbocycles. The van der Waals surface area contributed by atoms with Crippen LogP contribution in [0.15, 0.2) is 23.8 Å². The zero-order valence-electron chi connectivity index (χ0n) is 15.6. The number of ketones is 2. The molecule has 2 fully saturated rings. The molecule has 0 amide bonds. The SMILES string of the molecule is C[C@]12CC(Cl)[C@@]3(Cl)[C@@H](C=CC4=CC(=O)CC(O)[C@@]43C)[C@@H]1CC[C@@H]2C(=O)CO. The van der Waals surface area contributed by atoms with Crippen molar-refractivity contribution in [3.05, 3.63) is 23.8 Å². The molecule has 0 aliphatic heterocycles. The number of Topliss-reactive ketones (excluding diaryl/α,β-unsaturated/α-hetero) is 1. The number of carbonyl (C=O) groups is 2. The largest absolute Gasteiger partial charge is 0.392 e. The lowest BCUT2D eigenvalue weighted by molar-refractivity contribution is -0.132. The van der Waals surface area contributed by atoms with E-state index in [-0.39, 0.29) is 41.2 Å². The molecule has 0 saturated heterocycles. The summed E-state index contributed by atoms with van der Waals surface area (Å²) >= 11 is 14.3. The van der Waals surface area contributed by atoms with Crippen molar-refractivity contribution in [2.24, 2.45) is 28.6 Å². The Labute approximate surface area is 169 Å². The fourth-order valence-corrected chi connectivity index (χ4v) is 7.88. The van der Waals surface area contributed by atoms with Crippen molar-refractivity contribution in [1.82, 2.24) is 0 Å². The van der Waals surface area contributed by atoms with E-state index >= 15 is 0 Å². The highest BCUT2D eigenvalue weighted by Crippen LogP contribution is 2.69. The molecule has 4 rings (SSSR count). The van der Waals surface area contributed by atoms with Crippen molar-refractivity contribution in [2.45, 2.75) is 55.9 Å². The second-order valence-corrected chi connectivity index (χ2v) is 10.3. The van der Waals surface area contributed by atoms with Crippen LogP contribution in [0.2, 0.25) is 0 Å². The highest BCUT2D eigenvalue weighted by molar-refractivity contribution is 6.34. The smallest absolute Gasteiger partial charge is 0.161 e. The average molecular weight is 413 g/mol. The second kappa shape index (κ2) is 6.16. The Morgan fingerprint density at radius 3 is 2.70 bits per heavy atom. The predicted molar refractivity (Wildman–Crippen MR) is 104 cm³/mol. The Morgan fingerprint density at radius 2 is 2.04 bits per heavy atom. The fourth-order valence-electron chi connectivity index (χ4n) is 6.64. The van der Waals surface area contributed by atoms with Gasteiger partial charge in [0.2, 0.25) is 0 Å². The summed E-state index contributed by atoms with van der Waals surface area (Å²) in [5, 5.41) is 19.8. The van der Waals surface area contributed by atoms with Gasteiger partial charge >= 0.3 is 0 Å². The summed E-state index contributed by atoms with van der Waals surface area (Å²) in [7, 11) is 0. The third kappa shape index (κ3) is 2.30. The maximum absolute atomic E-state index is 12.4. The van der Waals surface area contributed by atoms with E-state index in [2.05, 4.69) is 6.92 Å². The van der Waals surface area contributed by atoms with Crippen molar-refractivity contribution >= 4 is 34.8 Å². The van der Waals surface area contributed by atoms with Crippen LogP contribution in [-0.2, 0) is 9.59 Å². The predicted octanol–water partition coefficient (Wildman–Crippen LogP) is 3.02. The van der Waals surface area contributed by atoms with E-state index in [9.17, 15) is 19.8 Å². The van der Waals surface area contributed by atoms with Gasteiger partial charge in [-0.25, -0.2) is 0 Å². The monoisotopic (exact) mass is 412 g/mol. The highest BCUT2D eigenvalue weighted by atomic mass is 35.5. The Kier molecular flexibility index (Phi) is 4.48. The summed E-state index contributed by atoms with van der Waals surface area (Å²) in [4.78, 5) is 23.4. The summed E-state index contributed by atoms with van der Waals surface area (Å²) in [6.45, 7) is 3.57. The van der Waals surface area contributed by atoms with Crippen molar-refractivity contribution in [3.63, 3.8) is 0 Å². The van der Waals surface area contributed by atoms with Gasteiger partial charge in [0.15, 0.2) is 11.6 Å². The van der Waals surface area contributed by atoms with Gasteiger partial charge in [-0.3, -0.25) is 9.59 Å². The first-order chi connectivity index (χ1) is 12.6. The number of hydrogen-bond donors (Lipinski definition) is 2. The molecule has 2 unspecified atom stereocenters. The molecule has 2 saturated carbocycles. The van der Waals surface area contributed by atoms with Gasteiger partial charge < -0.3 is 10.2 Å². The molecule has 0 spiro atoms. The molecule has 0 aromatic carbocycles. The molecule has 0 bridgehead atoms. The lowest BCUT2D eigenvalue weighted by Crippen LogP contribution is -2.67. The average Bonchev–Trinajstić information content (AvgIpc) is 2.94. The van der Waals surface area contributed by atoms with Crippen molar-refractivity contribution in [1.29, 1.82) is 0 Å². The maximum atomic E-state index is 12.4. The van der Waals surface area contributed by atoms with Crippen molar-refractivity contribution < 1.29 is 19.8 Å². The number of halogens is 2. The van der Waals surface area contributed by atoms with Gasteiger partial charge in [0.1, 0.15) is 6.61 Å². The first-order valence-electron chi connectivity index (χ1n) is 9.68. The van der Waals surface area contributed by atoms with Gasteiger partial charge in [0.25, 0.3) is 0 Å². The lowest BCUT2D eigenvalue weighted by Gasteiger charge is -2.63. The van der Waals surface area contributed by atoms with E-state index in [1.807, 2.05) is 19.1 Å². The van der Waals surface area contributed by atoms with E-state index < -0.39 is 28.4 Å². The zero-order chi connectivity index (χ0) is 19.8. The van der Waals surface area contributed by atoms with Gasteiger partial charge in [-0.1, -0.05) is 26.0 Å². The van der Waals surface area contributed by atoms with Crippen molar-refractivity contribution in [3.8, 4) is 0 Å². The van der Waals surface area contributed by atoms with Crippen LogP contribution >= 0.6 is 23.2 Å². The molecule has 0 aromatic rings. The molecule has 148 valence electrons. The molecule has 0 aromatic heterocycles. The van der Waals surface area contributed by atoms with E-state index in [1.165, 1.54) is 0 Å². The van der Waals surface area contributed by atoms with E-state index in [0.717, 1.165) is 18.4 Å². The first kappa shape index (κ1) is 19.6. The summed E-state index contributed by atoms with van der Waals surface area (Å²) in [6, 6.07) is 0. The fraction of sp³-hybridized carbons (Fsp3) is 0.714. The van der Waals surface area contributed by atoms with Crippen LogP contribution in [0.4, 0.5) is 0 Å². The van der Waals surface area contributed by atoms with Crippen LogP contribution in [0.1, 0.15) is 39.5 Å². The number of fused-ring (bicyclic) bond motifs is 5. The van der Waals surface area contributed by atoms with Crippen LogP contribution in [0.3, 0.4) is 0 Å². The summed E-state index contributed by atoms with van der Waals surface area (Å²) < 4.78 is 0. The highest BCUT2D eigenvalue weighted by Gasteiger charge is 2.70. The van der Waals surface area contributed by atoms with Gasteiger partial charge in [-0.15, -0.1) is 23.2 Å². The topological polar surface area (TPSA) is 74.6 Å². The molecular weight excluding hydrogens is 387 g/mol. The number of hydrogen-bond acceptors (Lipinski definition) is 4. The normalized spacial score (nSPS) is 51.3. The molecule has 27 heavy (non-hydrogen) atoms. The summed E-state index contributed by atoms with van der Waals surface area (Å²) in [5.74, 6) is -0.404. The van der Waals surface area contributed by atoms with Gasteiger partial charge in [0, 0.05) is 23.7 Å². The Balaban J connectivity index is 1.84. The van der Waals surface area contributed by atoms with Crippen LogP contribution < -0.4 is 0 Å². The van der Waals surface area contributed by atoms with Gasteiger partial charge in [-0.05, 0) is 42.2 Å². The summed E-state index contributed by atoms with van der Waals surface area (Å²) in [5.41, 5.74) is -0.408. The van der Waals surface area contributed by atoms with Gasteiger partial charge in [-0.2, -0.15) is 0 Å². The number of allylic oxidation sites excluding steroid dienone is 3. The third-order valence-electron chi connectivity index (χ3n) is 8.20. The summed E-state index contributed by atoms with van der Waals surface area (Å²) in [6.07, 6.45) is 6.81. The standard InChI is InChI=1S/C21H26Cl2O4/c1-19-9-17(22)21(23)14(13(19)5-6-15(19)16(26)10-24)4-3-11-7-12(25)8-18(27)20(11,21)2/h3-4,7,13-15,17-18,24,27H,5-6,8-10H2,1-2H3/t13-,14-,15+,17?,18?,19-,20+,21-/m0/s1. The quantitative estimate of drug-likeness (QED) is 0.683. The Hall–Kier alpha value is -0.680. The molecule has 8 atom stereocenters. The van der Waals surface area contributed by atoms with Crippen LogP contribution in [-0.4, -0.2) is 44.7 Å². The molecule has 6 heteroatoms. The molecular formula is C21H26Cl2O4. The lowest BCUT2D eigenvalue weighted by atomic mass is 9.47. The minimum absolute atomic E-state index is 0.0478. The van der Waals surface area contributed by atoms with E-state index in [0.29, 0.717) is 6.42 Å². The number of aliphatic hydroxyl groups excluding tert-OH is 2. The maximum Gasteiger partial charge on any atom is 0.161 e. The van der Waals surface area contributed by atoms with E-state index in [4.69, 9.17) is 23.2 Å².